The molecule has 3 heterocycles. The van der Waals surface area contributed by atoms with E-state index in [0.29, 0.717) is 18.0 Å². The van der Waals surface area contributed by atoms with Crippen LogP contribution in [0.3, 0.4) is 0 Å². The number of nitrogens with zero attached hydrogens (tertiary/aromatic N) is 3. The van der Waals surface area contributed by atoms with Gasteiger partial charge in [0.2, 0.25) is 5.91 Å². The van der Waals surface area contributed by atoms with Crippen LogP contribution in [0.2, 0.25) is 0 Å². The van der Waals surface area contributed by atoms with Gasteiger partial charge < -0.3 is 14.5 Å². The number of hydrogen-bond acceptors (Lipinski definition) is 4. The molecule has 1 aromatic rings. The third-order valence-corrected chi connectivity index (χ3v) is 7.87. The minimum atomic E-state index is -0.453. The van der Waals surface area contributed by atoms with Crippen LogP contribution in [0.5, 0.6) is 0 Å². The van der Waals surface area contributed by atoms with Crippen LogP contribution in [0.4, 0.5) is 4.79 Å². The summed E-state index contributed by atoms with van der Waals surface area (Å²) in [4.78, 5) is 32.8. The third-order valence-electron chi connectivity index (χ3n) is 7.87. The van der Waals surface area contributed by atoms with E-state index < -0.39 is 5.60 Å². The van der Waals surface area contributed by atoms with E-state index in [0.717, 1.165) is 64.6 Å². The number of likely N-dealkylation sites (tertiary alicyclic amines) is 1. The number of rotatable bonds is 5. The van der Waals surface area contributed by atoms with E-state index in [1.165, 1.54) is 5.56 Å². The summed E-state index contributed by atoms with van der Waals surface area (Å²) in [5, 5.41) is 0. The lowest BCUT2D eigenvalue weighted by molar-refractivity contribution is -0.135. The summed E-state index contributed by atoms with van der Waals surface area (Å²) < 4.78 is 5.71. The van der Waals surface area contributed by atoms with Gasteiger partial charge in [0.25, 0.3) is 0 Å². The highest BCUT2D eigenvalue weighted by Gasteiger charge is 2.47. The quantitative estimate of drug-likeness (QED) is 0.662. The van der Waals surface area contributed by atoms with Crippen LogP contribution in [0.25, 0.3) is 0 Å². The molecule has 3 atom stereocenters. The maximum absolute atomic E-state index is 13.2. The van der Waals surface area contributed by atoms with E-state index in [4.69, 9.17) is 4.74 Å². The van der Waals surface area contributed by atoms with Crippen LogP contribution in [-0.4, -0.2) is 69.6 Å². The van der Waals surface area contributed by atoms with Gasteiger partial charge in [0.05, 0.1) is 0 Å². The van der Waals surface area contributed by atoms with Crippen molar-refractivity contribution in [2.45, 2.75) is 102 Å². The first-order chi connectivity index (χ1) is 15.8. The number of fused-ring (bicyclic) bond motifs is 2. The van der Waals surface area contributed by atoms with Gasteiger partial charge >= 0.3 is 6.09 Å². The van der Waals surface area contributed by atoms with Crippen LogP contribution in [-0.2, 0) is 16.1 Å². The predicted molar refractivity (Wildman–Crippen MR) is 128 cm³/mol. The normalized spacial score (nSPS) is 29.8. The largest absolute Gasteiger partial charge is 0.444 e. The second kappa shape index (κ2) is 8.94. The predicted octanol–water partition coefficient (Wildman–Crippen LogP) is 4.43. The van der Waals surface area contributed by atoms with E-state index in [-0.39, 0.29) is 24.1 Å². The van der Waals surface area contributed by atoms with E-state index in [2.05, 4.69) is 34.1 Å². The third kappa shape index (κ3) is 5.06. The van der Waals surface area contributed by atoms with Gasteiger partial charge in [-0.15, -0.1) is 0 Å². The molecule has 0 spiro atoms. The summed E-state index contributed by atoms with van der Waals surface area (Å²) in [5.74, 6) is 0.598. The van der Waals surface area contributed by atoms with Crippen molar-refractivity contribution in [3.63, 3.8) is 0 Å². The molecule has 6 nitrogen and oxygen atoms in total. The Morgan fingerprint density at radius 1 is 0.970 bits per heavy atom. The molecule has 2 amide bonds. The monoisotopic (exact) mass is 453 g/mol. The minimum absolute atomic E-state index is 0.142. The van der Waals surface area contributed by atoms with Gasteiger partial charge in [-0.2, -0.15) is 0 Å². The van der Waals surface area contributed by atoms with Crippen molar-refractivity contribution in [2.24, 2.45) is 5.92 Å². The molecule has 3 aliphatic heterocycles. The van der Waals surface area contributed by atoms with Crippen LogP contribution in [0.1, 0.15) is 71.3 Å². The zero-order valence-electron chi connectivity index (χ0n) is 20.4. The molecule has 1 saturated carbocycles. The average Bonchev–Trinajstić information content (AvgIpc) is 3.44. The Kier molecular flexibility index (Phi) is 6.15. The molecule has 4 fully saturated rings. The standard InChI is InChI=1S/C27H39N3O3/c1-27(2,3)33-26(32)30-21-11-12-22(30)16-24(15-21)28-14-13-23(18-28)29(25(31)20-9-10-20)17-19-7-5-4-6-8-19/h4-8,20-24H,9-18H2,1-3H3. The molecule has 0 radical (unpaired) electrons. The summed E-state index contributed by atoms with van der Waals surface area (Å²) in [6, 6.07) is 11.8. The van der Waals surface area contributed by atoms with Gasteiger partial charge in [-0.3, -0.25) is 9.69 Å². The molecule has 1 aliphatic carbocycles. The van der Waals surface area contributed by atoms with Gasteiger partial charge in [-0.05, 0) is 71.3 Å². The molecule has 2 bridgehead atoms. The molecule has 5 rings (SSSR count). The highest BCUT2D eigenvalue weighted by molar-refractivity contribution is 5.81. The Morgan fingerprint density at radius 3 is 2.24 bits per heavy atom. The highest BCUT2D eigenvalue weighted by Crippen LogP contribution is 2.40. The fourth-order valence-electron chi connectivity index (χ4n) is 6.15. The molecule has 180 valence electrons. The van der Waals surface area contributed by atoms with Crippen molar-refractivity contribution in [3.05, 3.63) is 35.9 Å². The van der Waals surface area contributed by atoms with Crippen molar-refractivity contribution in [3.8, 4) is 0 Å². The first-order valence-electron chi connectivity index (χ1n) is 12.9. The summed E-state index contributed by atoms with van der Waals surface area (Å²) in [5.41, 5.74) is 0.764. The number of benzene rings is 1. The molecule has 0 N–H and O–H groups in total. The first-order valence-corrected chi connectivity index (χ1v) is 12.9. The van der Waals surface area contributed by atoms with Crippen molar-refractivity contribution in [1.29, 1.82) is 0 Å². The van der Waals surface area contributed by atoms with Gasteiger partial charge in [0.1, 0.15) is 5.60 Å². The lowest BCUT2D eigenvalue weighted by atomic mass is 9.96. The second-order valence-electron chi connectivity index (χ2n) is 11.6. The number of carbonyl (C=O) groups is 2. The summed E-state index contributed by atoms with van der Waals surface area (Å²) in [6.45, 7) is 8.54. The first kappa shape index (κ1) is 22.7. The summed E-state index contributed by atoms with van der Waals surface area (Å²) in [7, 11) is 0. The summed E-state index contributed by atoms with van der Waals surface area (Å²) in [6.07, 6.45) is 7.22. The number of ether oxygens (including phenoxy) is 1. The van der Waals surface area contributed by atoms with Crippen LogP contribution >= 0.6 is 0 Å². The molecule has 6 heteroatoms. The molecule has 1 aromatic carbocycles. The van der Waals surface area contributed by atoms with E-state index >= 15 is 0 Å². The second-order valence-corrected chi connectivity index (χ2v) is 11.6. The topological polar surface area (TPSA) is 53.1 Å². The SMILES string of the molecule is CC(C)(C)OC(=O)N1C2CCC1CC(N1CCC(N(Cc3ccccc3)C(=O)C3CC3)C1)C2. The number of piperidine rings is 1. The number of hydrogen-bond donors (Lipinski definition) is 0. The van der Waals surface area contributed by atoms with E-state index in [1.54, 1.807) is 0 Å². The van der Waals surface area contributed by atoms with Crippen LogP contribution in [0, 0.1) is 5.92 Å². The molecular formula is C27H39N3O3. The Labute approximate surface area is 198 Å². The smallest absolute Gasteiger partial charge is 0.410 e. The molecule has 3 saturated heterocycles. The molecular weight excluding hydrogens is 414 g/mol. The maximum Gasteiger partial charge on any atom is 0.410 e. The Balaban J connectivity index is 1.22. The Morgan fingerprint density at radius 2 is 1.64 bits per heavy atom. The number of amides is 2. The minimum Gasteiger partial charge on any atom is -0.444 e. The molecule has 33 heavy (non-hydrogen) atoms. The van der Waals surface area contributed by atoms with Crippen molar-refractivity contribution in [2.75, 3.05) is 13.1 Å². The molecule has 3 unspecified atom stereocenters. The van der Waals surface area contributed by atoms with E-state index in [9.17, 15) is 9.59 Å². The maximum atomic E-state index is 13.2. The summed E-state index contributed by atoms with van der Waals surface area (Å²) >= 11 is 0. The Bertz CT molecular complexity index is 849. The Hall–Kier alpha value is -2.08. The lowest BCUT2D eigenvalue weighted by Crippen LogP contribution is -2.53. The van der Waals surface area contributed by atoms with Crippen molar-refractivity contribution >= 4 is 12.0 Å². The zero-order chi connectivity index (χ0) is 23.2. The van der Waals surface area contributed by atoms with Gasteiger partial charge in [-0.25, -0.2) is 4.79 Å². The lowest BCUT2D eigenvalue weighted by Gasteiger charge is -2.42. The molecule has 0 aromatic heterocycles. The fraction of sp³-hybridized carbons (Fsp3) is 0.704. The van der Waals surface area contributed by atoms with Crippen molar-refractivity contribution in [1.82, 2.24) is 14.7 Å². The van der Waals surface area contributed by atoms with Crippen LogP contribution in [0.15, 0.2) is 30.3 Å². The number of carbonyl (C=O) groups excluding carboxylic acids is 2. The average molecular weight is 454 g/mol. The van der Waals surface area contributed by atoms with Crippen LogP contribution < -0.4 is 0 Å². The fourth-order valence-corrected chi connectivity index (χ4v) is 6.15. The van der Waals surface area contributed by atoms with Gasteiger partial charge in [0, 0.05) is 49.7 Å². The van der Waals surface area contributed by atoms with Gasteiger partial charge in [-0.1, -0.05) is 30.3 Å². The molecule has 4 aliphatic rings. The highest BCUT2D eigenvalue weighted by atomic mass is 16.6. The zero-order valence-corrected chi connectivity index (χ0v) is 20.4. The van der Waals surface area contributed by atoms with Crippen molar-refractivity contribution < 1.29 is 14.3 Å². The van der Waals surface area contributed by atoms with E-state index in [1.807, 2.05) is 31.7 Å². The van der Waals surface area contributed by atoms with Gasteiger partial charge in [0.15, 0.2) is 0 Å².